The number of hydrogen-bond acceptors (Lipinski definition) is 2. The van der Waals surface area contributed by atoms with E-state index in [1.165, 1.54) is 5.56 Å². The Morgan fingerprint density at radius 1 is 1.14 bits per heavy atom. The lowest BCUT2D eigenvalue weighted by atomic mass is 10.1. The third-order valence-electron chi connectivity index (χ3n) is 3.00. The SMILES string of the molecule is CCc1ccc(COc2cncc(C#CCCCl)c2)cc1. The smallest absolute Gasteiger partial charge is 0.139 e. The molecule has 2 nitrogen and oxygen atoms in total. The molecular formula is C18H18ClNO. The van der Waals surface area contributed by atoms with Gasteiger partial charge in [0.25, 0.3) is 0 Å². The predicted molar refractivity (Wildman–Crippen MR) is 86.6 cm³/mol. The topological polar surface area (TPSA) is 22.1 Å². The van der Waals surface area contributed by atoms with E-state index in [1.54, 1.807) is 12.4 Å². The van der Waals surface area contributed by atoms with Gasteiger partial charge in [-0.3, -0.25) is 4.98 Å². The molecule has 0 spiro atoms. The van der Waals surface area contributed by atoms with Gasteiger partial charge < -0.3 is 4.74 Å². The van der Waals surface area contributed by atoms with Crippen LogP contribution in [0.1, 0.15) is 30.0 Å². The summed E-state index contributed by atoms with van der Waals surface area (Å²) >= 11 is 5.60. The minimum absolute atomic E-state index is 0.532. The van der Waals surface area contributed by atoms with Crippen molar-refractivity contribution in [3.63, 3.8) is 0 Å². The highest BCUT2D eigenvalue weighted by Crippen LogP contribution is 2.13. The van der Waals surface area contributed by atoms with Crippen molar-refractivity contribution >= 4 is 11.6 Å². The van der Waals surface area contributed by atoms with Crippen LogP contribution in [-0.4, -0.2) is 10.9 Å². The van der Waals surface area contributed by atoms with E-state index in [1.807, 2.05) is 6.07 Å². The highest BCUT2D eigenvalue weighted by molar-refractivity contribution is 6.18. The van der Waals surface area contributed by atoms with Gasteiger partial charge in [0, 0.05) is 24.1 Å². The number of aryl methyl sites for hydroxylation is 1. The maximum Gasteiger partial charge on any atom is 0.139 e. The molecule has 0 fully saturated rings. The molecule has 0 atom stereocenters. The van der Waals surface area contributed by atoms with E-state index in [2.05, 4.69) is 48.0 Å². The van der Waals surface area contributed by atoms with E-state index in [-0.39, 0.29) is 0 Å². The van der Waals surface area contributed by atoms with Crippen molar-refractivity contribution in [2.75, 3.05) is 5.88 Å². The van der Waals surface area contributed by atoms with Crippen molar-refractivity contribution in [1.82, 2.24) is 4.98 Å². The number of hydrogen-bond donors (Lipinski definition) is 0. The summed E-state index contributed by atoms with van der Waals surface area (Å²) in [5.41, 5.74) is 3.32. The Bertz CT molecular complexity index is 626. The molecule has 2 aromatic rings. The Balaban J connectivity index is 1.96. The van der Waals surface area contributed by atoms with Crippen LogP contribution in [0.5, 0.6) is 5.75 Å². The fourth-order valence-corrected chi connectivity index (χ4v) is 1.91. The lowest BCUT2D eigenvalue weighted by Gasteiger charge is -2.06. The minimum Gasteiger partial charge on any atom is -0.487 e. The van der Waals surface area contributed by atoms with Gasteiger partial charge >= 0.3 is 0 Å². The number of pyridine rings is 1. The number of benzene rings is 1. The summed E-state index contributed by atoms with van der Waals surface area (Å²) in [5, 5.41) is 0. The number of aromatic nitrogens is 1. The molecule has 0 aliphatic carbocycles. The van der Waals surface area contributed by atoms with Gasteiger partial charge in [-0.05, 0) is 23.6 Å². The first-order valence-corrected chi connectivity index (χ1v) is 7.55. The first-order chi connectivity index (χ1) is 10.3. The summed E-state index contributed by atoms with van der Waals surface area (Å²) < 4.78 is 5.76. The Morgan fingerprint density at radius 2 is 1.90 bits per heavy atom. The molecule has 3 heteroatoms. The Hall–Kier alpha value is -1.98. The molecule has 0 bridgehead atoms. The molecule has 0 amide bonds. The second-order valence-electron chi connectivity index (χ2n) is 4.61. The summed E-state index contributed by atoms with van der Waals surface area (Å²) in [6, 6.07) is 10.3. The highest BCUT2D eigenvalue weighted by Gasteiger charge is 1.98. The molecule has 1 heterocycles. The van der Waals surface area contributed by atoms with Crippen molar-refractivity contribution in [3.8, 4) is 17.6 Å². The fourth-order valence-electron chi connectivity index (χ4n) is 1.82. The van der Waals surface area contributed by atoms with Gasteiger partial charge in [0.1, 0.15) is 12.4 Å². The lowest BCUT2D eigenvalue weighted by Crippen LogP contribution is -1.96. The normalized spacial score (nSPS) is 9.81. The van der Waals surface area contributed by atoms with Gasteiger partial charge in [-0.15, -0.1) is 11.6 Å². The van der Waals surface area contributed by atoms with E-state index in [0.717, 1.165) is 23.3 Å². The number of rotatable bonds is 5. The second kappa shape index (κ2) is 8.34. The third kappa shape index (κ3) is 5.13. The average molecular weight is 300 g/mol. The van der Waals surface area contributed by atoms with Crippen LogP contribution in [0.4, 0.5) is 0 Å². The van der Waals surface area contributed by atoms with Gasteiger partial charge in [-0.25, -0.2) is 0 Å². The first kappa shape index (κ1) is 15.4. The predicted octanol–water partition coefficient (Wildman–Crippen LogP) is 4.20. The number of alkyl halides is 1. The van der Waals surface area contributed by atoms with Crippen molar-refractivity contribution in [3.05, 3.63) is 59.4 Å². The molecule has 0 saturated heterocycles. The van der Waals surface area contributed by atoms with Crippen LogP contribution in [0.15, 0.2) is 42.7 Å². The molecule has 0 N–H and O–H groups in total. The number of halogens is 1. The van der Waals surface area contributed by atoms with Crippen LogP contribution >= 0.6 is 11.6 Å². The average Bonchev–Trinajstić information content (AvgIpc) is 2.54. The largest absolute Gasteiger partial charge is 0.487 e. The zero-order valence-corrected chi connectivity index (χ0v) is 12.9. The monoisotopic (exact) mass is 299 g/mol. The summed E-state index contributed by atoms with van der Waals surface area (Å²) in [6.45, 7) is 2.68. The van der Waals surface area contributed by atoms with Crippen LogP contribution in [0.2, 0.25) is 0 Å². The van der Waals surface area contributed by atoms with Gasteiger partial charge in [0.05, 0.1) is 6.20 Å². The van der Waals surface area contributed by atoms with E-state index in [0.29, 0.717) is 18.9 Å². The van der Waals surface area contributed by atoms with Gasteiger partial charge in [0.15, 0.2) is 0 Å². The Morgan fingerprint density at radius 3 is 2.62 bits per heavy atom. The Labute approximate surface area is 131 Å². The van der Waals surface area contributed by atoms with E-state index in [4.69, 9.17) is 16.3 Å². The molecule has 21 heavy (non-hydrogen) atoms. The van der Waals surface area contributed by atoms with Gasteiger partial charge in [-0.1, -0.05) is 43.0 Å². The molecule has 1 aromatic heterocycles. The van der Waals surface area contributed by atoms with Crippen LogP contribution in [-0.2, 0) is 13.0 Å². The summed E-state index contributed by atoms with van der Waals surface area (Å²) in [7, 11) is 0. The lowest BCUT2D eigenvalue weighted by molar-refractivity contribution is 0.305. The van der Waals surface area contributed by atoms with Crippen molar-refractivity contribution in [1.29, 1.82) is 0 Å². The molecule has 0 saturated carbocycles. The van der Waals surface area contributed by atoms with Crippen molar-refractivity contribution < 1.29 is 4.74 Å². The van der Waals surface area contributed by atoms with Crippen LogP contribution in [0.25, 0.3) is 0 Å². The van der Waals surface area contributed by atoms with Gasteiger partial charge in [0.2, 0.25) is 0 Å². The number of ether oxygens (including phenoxy) is 1. The standard InChI is InChI=1S/C18H18ClNO/c1-2-15-6-8-16(9-7-15)14-21-18-11-17(12-20-13-18)5-3-4-10-19/h6-9,11-13H,2,4,10,14H2,1H3. The maximum absolute atomic E-state index is 5.76. The molecule has 0 aliphatic heterocycles. The quantitative estimate of drug-likeness (QED) is 0.610. The third-order valence-corrected chi connectivity index (χ3v) is 3.19. The van der Waals surface area contributed by atoms with Crippen molar-refractivity contribution in [2.45, 2.75) is 26.4 Å². The zero-order chi connectivity index (χ0) is 14.9. The van der Waals surface area contributed by atoms with Crippen LogP contribution < -0.4 is 4.74 Å². The van der Waals surface area contributed by atoms with E-state index in [9.17, 15) is 0 Å². The summed E-state index contributed by atoms with van der Waals surface area (Å²) in [4.78, 5) is 4.14. The molecule has 2 rings (SSSR count). The van der Waals surface area contributed by atoms with Crippen LogP contribution in [0, 0.1) is 11.8 Å². The molecule has 0 radical (unpaired) electrons. The summed E-state index contributed by atoms with van der Waals surface area (Å²) in [6.07, 6.45) is 5.15. The van der Waals surface area contributed by atoms with Crippen LogP contribution in [0.3, 0.4) is 0 Å². The number of nitrogens with zero attached hydrogens (tertiary/aromatic N) is 1. The molecular weight excluding hydrogens is 282 g/mol. The van der Waals surface area contributed by atoms with E-state index < -0.39 is 0 Å². The second-order valence-corrected chi connectivity index (χ2v) is 4.99. The summed E-state index contributed by atoms with van der Waals surface area (Å²) in [5.74, 6) is 7.28. The molecule has 0 aliphatic rings. The molecule has 108 valence electrons. The minimum atomic E-state index is 0.532. The Kier molecular flexibility index (Phi) is 6.12. The fraction of sp³-hybridized carbons (Fsp3) is 0.278. The maximum atomic E-state index is 5.76. The van der Waals surface area contributed by atoms with Gasteiger partial charge in [-0.2, -0.15) is 0 Å². The first-order valence-electron chi connectivity index (χ1n) is 7.02. The van der Waals surface area contributed by atoms with Crippen molar-refractivity contribution in [2.24, 2.45) is 0 Å². The highest BCUT2D eigenvalue weighted by atomic mass is 35.5. The van der Waals surface area contributed by atoms with E-state index >= 15 is 0 Å². The zero-order valence-electron chi connectivity index (χ0n) is 12.1. The molecule has 0 unspecified atom stereocenters. The molecule has 1 aromatic carbocycles.